The van der Waals surface area contributed by atoms with E-state index in [4.69, 9.17) is 4.74 Å². The van der Waals surface area contributed by atoms with Crippen LogP contribution in [0.15, 0.2) is 29.3 Å². The van der Waals surface area contributed by atoms with Crippen molar-refractivity contribution in [1.82, 2.24) is 15.5 Å². The molecule has 1 amide bonds. The second kappa shape index (κ2) is 13.0. The Balaban J connectivity index is 0.00000450. The van der Waals surface area contributed by atoms with Gasteiger partial charge in [0.1, 0.15) is 5.60 Å². The number of anilines is 1. The van der Waals surface area contributed by atoms with E-state index in [1.807, 2.05) is 45.0 Å². The number of nitrogens with zero attached hydrogens (tertiary/aromatic N) is 2. The van der Waals surface area contributed by atoms with E-state index >= 15 is 0 Å². The fourth-order valence-corrected chi connectivity index (χ4v) is 3.08. The molecule has 0 heterocycles. The Hall–Kier alpha value is -1.55. The molecule has 0 aromatic heterocycles. The molecular formula is C22H38IN5O2. The van der Waals surface area contributed by atoms with Gasteiger partial charge in [0.05, 0.1) is 0 Å². The van der Waals surface area contributed by atoms with Gasteiger partial charge in [-0.3, -0.25) is 15.2 Å². The summed E-state index contributed by atoms with van der Waals surface area (Å²) >= 11 is 0. The monoisotopic (exact) mass is 531 g/mol. The van der Waals surface area contributed by atoms with Crippen LogP contribution in [0.4, 0.5) is 10.5 Å². The first-order valence-corrected chi connectivity index (χ1v) is 10.6. The van der Waals surface area contributed by atoms with E-state index in [0.717, 1.165) is 50.3 Å². The molecule has 0 unspecified atom stereocenters. The van der Waals surface area contributed by atoms with Crippen molar-refractivity contribution < 1.29 is 9.53 Å². The number of benzene rings is 1. The fraction of sp³-hybridized carbons (Fsp3) is 0.636. The molecule has 0 spiro atoms. The number of amides is 1. The van der Waals surface area contributed by atoms with Crippen molar-refractivity contribution in [3.05, 3.63) is 29.8 Å². The minimum Gasteiger partial charge on any atom is -0.444 e. The van der Waals surface area contributed by atoms with Gasteiger partial charge in [0.2, 0.25) is 0 Å². The van der Waals surface area contributed by atoms with E-state index in [0.29, 0.717) is 0 Å². The molecule has 1 fully saturated rings. The van der Waals surface area contributed by atoms with Crippen LogP contribution in [-0.2, 0) is 11.2 Å². The second-order valence-corrected chi connectivity index (χ2v) is 8.36. The predicted molar refractivity (Wildman–Crippen MR) is 135 cm³/mol. The molecular weight excluding hydrogens is 493 g/mol. The predicted octanol–water partition coefficient (Wildman–Crippen LogP) is 3.84. The Labute approximate surface area is 198 Å². The number of nitrogens with one attached hydrogen (secondary N) is 3. The number of hydrogen-bond donors (Lipinski definition) is 3. The average molecular weight is 531 g/mol. The standard InChI is InChI=1S/C22H37N5O2.HI/c1-6-27(19-11-12-19)16-15-25-20(23-5)24-14-13-17-7-9-18(10-8-17)26-21(28)29-22(2,3)4;/h7-10,19H,6,11-16H2,1-5H3,(H,26,28)(H2,23,24,25);1H. The quantitative estimate of drug-likeness (QED) is 0.257. The van der Waals surface area contributed by atoms with Crippen LogP contribution >= 0.6 is 24.0 Å². The largest absolute Gasteiger partial charge is 0.444 e. The summed E-state index contributed by atoms with van der Waals surface area (Å²) in [5.41, 5.74) is 1.41. The minimum absolute atomic E-state index is 0. The zero-order valence-electron chi connectivity index (χ0n) is 19.0. The summed E-state index contributed by atoms with van der Waals surface area (Å²) in [6.45, 7) is 11.6. The Kier molecular flexibility index (Phi) is 11.5. The Morgan fingerprint density at radius 1 is 1.17 bits per heavy atom. The molecule has 30 heavy (non-hydrogen) atoms. The third kappa shape index (κ3) is 10.5. The van der Waals surface area contributed by atoms with Gasteiger partial charge in [0.15, 0.2) is 5.96 Å². The molecule has 1 aromatic rings. The molecule has 0 radical (unpaired) electrons. The number of hydrogen-bond acceptors (Lipinski definition) is 4. The van der Waals surface area contributed by atoms with Gasteiger partial charge in [-0.25, -0.2) is 4.79 Å². The molecule has 1 saturated carbocycles. The lowest BCUT2D eigenvalue weighted by Gasteiger charge is -2.20. The summed E-state index contributed by atoms with van der Waals surface area (Å²) in [6, 6.07) is 8.61. The smallest absolute Gasteiger partial charge is 0.412 e. The molecule has 1 aliphatic carbocycles. The van der Waals surface area contributed by atoms with Gasteiger partial charge in [0, 0.05) is 38.4 Å². The third-order valence-electron chi connectivity index (χ3n) is 4.69. The van der Waals surface area contributed by atoms with E-state index in [2.05, 4.69) is 32.8 Å². The SMILES string of the molecule is CCN(CCNC(=NC)NCCc1ccc(NC(=O)OC(C)(C)C)cc1)C1CC1.I. The Bertz CT molecular complexity index is 669. The maximum atomic E-state index is 11.8. The lowest BCUT2D eigenvalue weighted by molar-refractivity contribution is 0.0636. The van der Waals surface area contributed by atoms with Gasteiger partial charge in [-0.2, -0.15) is 0 Å². The lowest BCUT2D eigenvalue weighted by atomic mass is 10.1. The highest BCUT2D eigenvalue weighted by atomic mass is 127. The number of guanidine groups is 1. The Morgan fingerprint density at radius 2 is 1.80 bits per heavy atom. The third-order valence-corrected chi connectivity index (χ3v) is 4.69. The van der Waals surface area contributed by atoms with Crippen LogP contribution in [0.5, 0.6) is 0 Å². The zero-order valence-corrected chi connectivity index (χ0v) is 21.3. The number of carbonyl (C=O) groups is 1. The van der Waals surface area contributed by atoms with Gasteiger partial charge in [0.25, 0.3) is 0 Å². The molecule has 3 N–H and O–H groups in total. The lowest BCUT2D eigenvalue weighted by Crippen LogP contribution is -2.42. The molecule has 1 aromatic carbocycles. The molecule has 0 atom stereocenters. The number of rotatable bonds is 9. The first kappa shape index (κ1) is 26.5. The molecule has 2 rings (SSSR count). The maximum Gasteiger partial charge on any atom is 0.412 e. The van der Waals surface area contributed by atoms with Gasteiger partial charge in [-0.05, 0) is 64.3 Å². The van der Waals surface area contributed by atoms with E-state index in [9.17, 15) is 4.79 Å². The normalized spacial score (nSPS) is 14.1. The highest BCUT2D eigenvalue weighted by Crippen LogP contribution is 2.25. The molecule has 7 nitrogen and oxygen atoms in total. The first-order chi connectivity index (χ1) is 13.8. The summed E-state index contributed by atoms with van der Waals surface area (Å²) < 4.78 is 5.26. The van der Waals surface area contributed by atoms with Crippen molar-refractivity contribution in [2.45, 2.75) is 58.6 Å². The van der Waals surface area contributed by atoms with Crippen LogP contribution in [0.2, 0.25) is 0 Å². The van der Waals surface area contributed by atoms with Gasteiger partial charge in [-0.15, -0.1) is 24.0 Å². The summed E-state index contributed by atoms with van der Waals surface area (Å²) in [4.78, 5) is 18.6. The summed E-state index contributed by atoms with van der Waals surface area (Å²) in [6.07, 6.45) is 3.11. The van der Waals surface area contributed by atoms with Crippen LogP contribution in [0.3, 0.4) is 0 Å². The molecule has 1 aliphatic rings. The van der Waals surface area contributed by atoms with E-state index in [-0.39, 0.29) is 24.0 Å². The van der Waals surface area contributed by atoms with Crippen molar-refractivity contribution in [1.29, 1.82) is 0 Å². The Morgan fingerprint density at radius 3 is 2.33 bits per heavy atom. The highest BCUT2D eigenvalue weighted by Gasteiger charge is 2.27. The van der Waals surface area contributed by atoms with Crippen molar-refractivity contribution in [3.63, 3.8) is 0 Å². The molecule has 0 aliphatic heterocycles. The number of aliphatic imine (C=N–C) groups is 1. The number of halogens is 1. The summed E-state index contributed by atoms with van der Waals surface area (Å²) in [5, 5.41) is 9.49. The van der Waals surface area contributed by atoms with Crippen LogP contribution in [-0.4, -0.2) is 61.8 Å². The topological polar surface area (TPSA) is 78.0 Å². The molecule has 0 saturated heterocycles. The average Bonchev–Trinajstić information content (AvgIpc) is 3.48. The number of likely N-dealkylation sites (N-methyl/N-ethyl adjacent to an activating group) is 1. The zero-order chi connectivity index (χ0) is 21.3. The summed E-state index contributed by atoms with van der Waals surface area (Å²) in [5.74, 6) is 0.833. The molecule has 170 valence electrons. The minimum atomic E-state index is -0.505. The number of carbonyl (C=O) groups excluding carboxylic acids is 1. The van der Waals surface area contributed by atoms with Gasteiger partial charge >= 0.3 is 6.09 Å². The summed E-state index contributed by atoms with van der Waals surface area (Å²) in [7, 11) is 1.80. The van der Waals surface area contributed by atoms with Crippen LogP contribution in [0, 0.1) is 0 Å². The maximum absolute atomic E-state index is 11.8. The highest BCUT2D eigenvalue weighted by molar-refractivity contribution is 14.0. The van der Waals surface area contributed by atoms with E-state index in [1.54, 1.807) is 7.05 Å². The van der Waals surface area contributed by atoms with Crippen LogP contribution < -0.4 is 16.0 Å². The van der Waals surface area contributed by atoms with Crippen LogP contribution in [0.1, 0.15) is 46.1 Å². The molecule has 0 bridgehead atoms. The molecule has 8 heteroatoms. The van der Waals surface area contributed by atoms with Crippen molar-refractivity contribution in [2.75, 3.05) is 38.5 Å². The van der Waals surface area contributed by atoms with E-state index in [1.165, 1.54) is 18.4 Å². The van der Waals surface area contributed by atoms with Crippen LogP contribution in [0.25, 0.3) is 0 Å². The van der Waals surface area contributed by atoms with Crippen molar-refractivity contribution >= 4 is 41.7 Å². The second-order valence-electron chi connectivity index (χ2n) is 8.36. The van der Waals surface area contributed by atoms with Gasteiger partial charge in [-0.1, -0.05) is 19.1 Å². The first-order valence-electron chi connectivity index (χ1n) is 10.6. The fourth-order valence-electron chi connectivity index (χ4n) is 3.08. The number of ether oxygens (including phenoxy) is 1. The van der Waals surface area contributed by atoms with E-state index < -0.39 is 11.7 Å². The van der Waals surface area contributed by atoms with Crippen molar-refractivity contribution in [2.24, 2.45) is 4.99 Å². The van der Waals surface area contributed by atoms with Gasteiger partial charge < -0.3 is 15.4 Å². The van der Waals surface area contributed by atoms with Crippen molar-refractivity contribution in [3.8, 4) is 0 Å².